The third kappa shape index (κ3) is 3.70. The van der Waals surface area contributed by atoms with Gasteiger partial charge in [-0.3, -0.25) is 4.79 Å². The van der Waals surface area contributed by atoms with Crippen LogP contribution in [0.25, 0.3) is 0 Å². The molecule has 2 heterocycles. The molecular weight excluding hydrogens is 270 g/mol. The monoisotopic (exact) mass is 293 g/mol. The molecule has 1 aliphatic rings. The summed E-state index contributed by atoms with van der Waals surface area (Å²) in [6.45, 7) is 5.39. The highest BCUT2D eigenvalue weighted by Crippen LogP contribution is 2.33. The number of likely N-dealkylation sites (tertiary alicyclic amines) is 1. The van der Waals surface area contributed by atoms with Crippen LogP contribution < -0.4 is 0 Å². The van der Waals surface area contributed by atoms with Crippen LogP contribution in [-0.4, -0.2) is 35.6 Å². The maximum Gasteiger partial charge on any atom is 0.222 e. The predicted octanol–water partition coefficient (Wildman–Crippen LogP) is 2.86. The predicted molar refractivity (Wildman–Crippen MR) is 82.8 cm³/mol. The maximum atomic E-state index is 12.3. The number of piperidine rings is 1. The molecule has 1 unspecified atom stereocenters. The zero-order valence-electron chi connectivity index (χ0n) is 11.9. The van der Waals surface area contributed by atoms with E-state index in [1.807, 2.05) is 16.4 Å². The van der Waals surface area contributed by atoms with Crippen molar-refractivity contribution in [1.29, 1.82) is 0 Å². The van der Waals surface area contributed by atoms with E-state index in [9.17, 15) is 9.90 Å². The molecule has 0 spiro atoms. The number of allylic oxidation sites excluding steroid dienone is 1. The van der Waals surface area contributed by atoms with Gasteiger partial charge in [-0.05, 0) is 48.1 Å². The second-order valence-electron chi connectivity index (χ2n) is 5.70. The second-order valence-corrected chi connectivity index (χ2v) is 6.48. The van der Waals surface area contributed by atoms with Gasteiger partial charge in [-0.25, -0.2) is 0 Å². The summed E-state index contributed by atoms with van der Waals surface area (Å²) in [6, 6.07) is 2.07. The zero-order valence-corrected chi connectivity index (χ0v) is 12.7. The van der Waals surface area contributed by atoms with Gasteiger partial charge in [0.25, 0.3) is 0 Å². The second kappa shape index (κ2) is 7.04. The molecule has 0 radical (unpaired) electrons. The highest BCUT2D eigenvalue weighted by molar-refractivity contribution is 7.07. The van der Waals surface area contributed by atoms with Crippen molar-refractivity contribution < 1.29 is 9.90 Å². The Bertz CT molecular complexity index is 443. The van der Waals surface area contributed by atoms with Crippen molar-refractivity contribution in [2.45, 2.75) is 32.1 Å². The summed E-state index contributed by atoms with van der Waals surface area (Å²) in [5, 5.41) is 13.8. The summed E-state index contributed by atoms with van der Waals surface area (Å²) in [5.41, 5.74) is 1.07. The Morgan fingerprint density at radius 2 is 2.45 bits per heavy atom. The third-order valence-electron chi connectivity index (χ3n) is 4.13. The Labute approximate surface area is 124 Å². The van der Waals surface area contributed by atoms with Crippen LogP contribution in [-0.2, 0) is 11.2 Å². The van der Waals surface area contributed by atoms with E-state index in [0.29, 0.717) is 13.0 Å². The van der Waals surface area contributed by atoms with Crippen molar-refractivity contribution in [2.75, 3.05) is 19.7 Å². The first-order chi connectivity index (χ1) is 9.69. The van der Waals surface area contributed by atoms with Gasteiger partial charge in [-0.1, -0.05) is 6.08 Å². The van der Waals surface area contributed by atoms with Crippen LogP contribution in [0.2, 0.25) is 0 Å². The summed E-state index contributed by atoms with van der Waals surface area (Å²) in [4.78, 5) is 14.2. The van der Waals surface area contributed by atoms with E-state index in [2.05, 4.69) is 18.0 Å². The van der Waals surface area contributed by atoms with Gasteiger partial charge in [-0.2, -0.15) is 11.3 Å². The van der Waals surface area contributed by atoms with Crippen LogP contribution in [0.5, 0.6) is 0 Å². The summed E-state index contributed by atoms with van der Waals surface area (Å²) < 4.78 is 0. The van der Waals surface area contributed by atoms with Gasteiger partial charge in [0.15, 0.2) is 0 Å². The van der Waals surface area contributed by atoms with Crippen LogP contribution in [0.3, 0.4) is 0 Å². The van der Waals surface area contributed by atoms with Crippen LogP contribution in [0.15, 0.2) is 29.5 Å². The highest BCUT2D eigenvalue weighted by Gasteiger charge is 2.35. The fourth-order valence-electron chi connectivity index (χ4n) is 2.93. The SMILES string of the molecule is C=CCC1(CO)CCCN(C(=O)CCc2ccsc2)C1. The van der Waals surface area contributed by atoms with Crippen molar-refractivity contribution in [3.63, 3.8) is 0 Å². The zero-order chi connectivity index (χ0) is 14.4. The molecule has 1 amide bonds. The molecule has 1 saturated heterocycles. The van der Waals surface area contributed by atoms with Crippen LogP contribution in [0.4, 0.5) is 0 Å². The van der Waals surface area contributed by atoms with Crippen molar-refractivity contribution in [3.8, 4) is 0 Å². The first-order valence-corrected chi connectivity index (χ1v) is 8.14. The Hall–Kier alpha value is -1.13. The van der Waals surface area contributed by atoms with E-state index in [1.54, 1.807) is 11.3 Å². The maximum absolute atomic E-state index is 12.3. The van der Waals surface area contributed by atoms with Crippen LogP contribution in [0.1, 0.15) is 31.2 Å². The molecule has 1 aromatic rings. The lowest BCUT2D eigenvalue weighted by atomic mass is 9.77. The fourth-order valence-corrected chi connectivity index (χ4v) is 3.63. The number of hydrogen-bond donors (Lipinski definition) is 1. The normalized spacial score (nSPS) is 22.8. The minimum atomic E-state index is -0.169. The smallest absolute Gasteiger partial charge is 0.222 e. The molecule has 0 saturated carbocycles. The number of nitrogens with zero attached hydrogens (tertiary/aromatic N) is 1. The highest BCUT2D eigenvalue weighted by atomic mass is 32.1. The molecule has 2 rings (SSSR count). The van der Waals surface area contributed by atoms with Gasteiger partial charge in [0.2, 0.25) is 5.91 Å². The quantitative estimate of drug-likeness (QED) is 0.819. The molecule has 1 aromatic heterocycles. The van der Waals surface area contributed by atoms with Crippen molar-refractivity contribution in [1.82, 2.24) is 4.90 Å². The third-order valence-corrected chi connectivity index (χ3v) is 4.87. The van der Waals surface area contributed by atoms with E-state index in [0.717, 1.165) is 32.2 Å². The molecule has 0 bridgehead atoms. The summed E-state index contributed by atoms with van der Waals surface area (Å²) in [5.74, 6) is 0.206. The average molecular weight is 293 g/mol. The Morgan fingerprint density at radius 3 is 3.10 bits per heavy atom. The number of aliphatic hydroxyl groups excluding tert-OH is 1. The number of carbonyl (C=O) groups is 1. The summed E-state index contributed by atoms with van der Waals surface area (Å²) in [6.07, 6.45) is 5.95. The first kappa shape index (κ1) is 15.3. The number of amides is 1. The standard InChI is InChI=1S/C16H23NO2S/c1-2-7-16(13-18)8-3-9-17(12-16)15(19)5-4-14-6-10-20-11-14/h2,6,10-11,18H,1,3-5,7-9,12-13H2. The minimum absolute atomic E-state index is 0.132. The lowest BCUT2D eigenvalue weighted by Crippen LogP contribution is -2.47. The lowest BCUT2D eigenvalue weighted by Gasteiger charge is -2.41. The van der Waals surface area contributed by atoms with Crippen molar-refractivity contribution in [3.05, 3.63) is 35.0 Å². The van der Waals surface area contributed by atoms with E-state index in [4.69, 9.17) is 0 Å². The van der Waals surface area contributed by atoms with E-state index < -0.39 is 0 Å². The van der Waals surface area contributed by atoms with E-state index in [1.165, 1.54) is 5.56 Å². The lowest BCUT2D eigenvalue weighted by molar-refractivity contribution is -0.135. The largest absolute Gasteiger partial charge is 0.396 e. The number of thiophene rings is 1. The van der Waals surface area contributed by atoms with E-state index >= 15 is 0 Å². The van der Waals surface area contributed by atoms with Crippen LogP contribution in [0, 0.1) is 5.41 Å². The minimum Gasteiger partial charge on any atom is -0.396 e. The van der Waals surface area contributed by atoms with Crippen molar-refractivity contribution >= 4 is 17.2 Å². The Balaban J connectivity index is 1.90. The number of aryl methyl sites for hydroxylation is 1. The van der Waals surface area contributed by atoms with Crippen molar-refractivity contribution in [2.24, 2.45) is 5.41 Å². The van der Waals surface area contributed by atoms with E-state index in [-0.39, 0.29) is 17.9 Å². The Morgan fingerprint density at radius 1 is 1.60 bits per heavy atom. The van der Waals surface area contributed by atoms with Gasteiger partial charge >= 0.3 is 0 Å². The van der Waals surface area contributed by atoms with Gasteiger partial charge in [0.1, 0.15) is 0 Å². The van der Waals surface area contributed by atoms with Gasteiger partial charge in [0, 0.05) is 24.9 Å². The fraction of sp³-hybridized carbons (Fsp3) is 0.562. The molecule has 1 N–H and O–H groups in total. The first-order valence-electron chi connectivity index (χ1n) is 7.20. The summed E-state index contributed by atoms with van der Waals surface area (Å²) >= 11 is 1.67. The summed E-state index contributed by atoms with van der Waals surface area (Å²) in [7, 11) is 0. The topological polar surface area (TPSA) is 40.5 Å². The number of rotatable bonds is 6. The number of carbonyl (C=O) groups excluding carboxylic acids is 1. The molecule has 1 aliphatic heterocycles. The average Bonchev–Trinajstić information content (AvgIpc) is 2.98. The number of hydrogen-bond acceptors (Lipinski definition) is 3. The van der Waals surface area contributed by atoms with Gasteiger partial charge in [-0.15, -0.1) is 6.58 Å². The molecule has 1 atom stereocenters. The molecule has 0 aromatic carbocycles. The number of aliphatic hydroxyl groups is 1. The van der Waals surface area contributed by atoms with Gasteiger partial charge in [0.05, 0.1) is 6.61 Å². The molecule has 20 heavy (non-hydrogen) atoms. The Kier molecular flexibility index (Phi) is 5.38. The molecular formula is C16H23NO2S. The molecule has 1 fully saturated rings. The molecule has 4 heteroatoms. The van der Waals surface area contributed by atoms with Crippen LogP contribution >= 0.6 is 11.3 Å². The molecule has 0 aliphatic carbocycles. The van der Waals surface area contributed by atoms with Gasteiger partial charge < -0.3 is 10.0 Å². The molecule has 110 valence electrons. The molecule has 3 nitrogen and oxygen atoms in total.